The van der Waals surface area contributed by atoms with Crippen molar-refractivity contribution >= 4 is 18.4 Å². The van der Waals surface area contributed by atoms with Gasteiger partial charge in [-0.1, -0.05) is 5.16 Å². The summed E-state index contributed by atoms with van der Waals surface area (Å²) >= 11 is 0. The quantitative estimate of drug-likeness (QED) is 0.751. The normalized spacial score (nSPS) is 17.0. The predicted octanol–water partition coefficient (Wildman–Crippen LogP) is 2.82. The van der Waals surface area contributed by atoms with E-state index in [1.807, 2.05) is 0 Å². The Bertz CT molecular complexity index is 789. The molecular weight excluding hydrogens is 388 g/mol. The van der Waals surface area contributed by atoms with E-state index in [2.05, 4.69) is 14.9 Å². The van der Waals surface area contributed by atoms with Crippen LogP contribution in [0, 0.1) is 0 Å². The van der Waals surface area contributed by atoms with Crippen LogP contribution in [0.25, 0.3) is 11.4 Å². The van der Waals surface area contributed by atoms with Crippen LogP contribution in [-0.4, -0.2) is 52.4 Å². The lowest BCUT2D eigenvalue weighted by molar-refractivity contribution is -0.142. The fourth-order valence-electron chi connectivity index (χ4n) is 2.91. The van der Waals surface area contributed by atoms with Crippen molar-refractivity contribution in [2.45, 2.75) is 32.0 Å². The lowest BCUT2D eigenvalue weighted by atomic mass is 10.2. The Balaban J connectivity index is 0.00000261. The summed E-state index contributed by atoms with van der Waals surface area (Å²) in [6.45, 7) is -2.09. The summed E-state index contributed by atoms with van der Waals surface area (Å²) in [5.41, 5.74) is 0.495. The molecule has 1 aliphatic rings. The molecule has 1 aromatic carbocycles. The van der Waals surface area contributed by atoms with Crippen molar-refractivity contribution in [3.8, 4) is 22.9 Å². The molecule has 0 spiro atoms. The largest absolute Gasteiger partial charge is 0.493 e. The highest BCUT2D eigenvalue weighted by molar-refractivity contribution is 5.85. The number of benzene rings is 1. The number of alkyl halides is 2. The smallest absolute Gasteiger partial charge is 0.387 e. The second-order valence-electron chi connectivity index (χ2n) is 5.72. The number of likely N-dealkylation sites (tertiary alicyclic amines) is 1. The van der Waals surface area contributed by atoms with Crippen molar-refractivity contribution in [1.29, 1.82) is 0 Å². The molecule has 1 atom stereocenters. The Kier molecular flexibility index (Phi) is 6.92. The summed E-state index contributed by atoms with van der Waals surface area (Å²) < 4.78 is 39.4. The molecule has 148 valence electrons. The molecule has 0 radical (unpaired) electrons. The van der Waals surface area contributed by atoms with E-state index < -0.39 is 18.6 Å². The summed E-state index contributed by atoms with van der Waals surface area (Å²) in [7, 11) is 1.33. The Morgan fingerprint density at radius 3 is 2.89 bits per heavy atom. The number of halogens is 3. The second kappa shape index (κ2) is 8.96. The van der Waals surface area contributed by atoms with E-state index in [0.717, 1.165) is 6.42 Å². The van der Waals surface area contributed by atoms with E-state index in [1.54, 1.807) is 4.90 Å². The van der Waals surface area contributed by atoms with Crippen LogP contribution in [0.1, 0.15) is 18.7 Å². The van der Waals surface area contributed by atoms with Crippen LogP contribution < -0.4 is 9.47 Å². The second-order valence-corrected chi connectivity index (χ2v) is 5.72. The van der Waals surface area contributed by atoms with Gasteiger partial charge in [-0.25, -0.2) is 0 Å². The molecule has 2 aromatic rings. The fraction of sp³-hybridized carbons (Fsp3) is 0.438. The monoisotopic (exact) mass is 405 g/mol. The number of methoxy groups -OCH3 is 1. The third kappa shape index (κ3) is 4.83. The number of aromatic nitrogens is 2. The topological polar surface area (TPSA) is 97.9 Å². The zero-order chi connectivity index (χ0) is 18.7. The minimum atomic E-state index is -2.96. The molecule has 27 heavy (non-hydrogen) atoms. The van der Waals surface area contributed by atoms with Gasteiger partial charge in [0, 0.05) is 5.56 Å². The molecule has 1 N–H and O–H groups in total. The molecule has 1 aliphatic heterocycles. The summed E-state index contributed by atoms with van der Waals surface area (Å²) in [5.74, 6) is -0.342. The lowest BCUT2D eigenvalue weighted by Crippen LogP contribution is -2.35. The van der Waals surface area contributed by atoms with E-state index in [4.69, 9.17) is 9.26 Å². The van der Waals surface area contributed by atoms with Gasteiger partial charge in [-0.05, 0) is 37.6 Å². The summed E-state index contributed by atoms with van der Waals surface area (Å²) in [4.78, 5) is 17.2. The molecule has 0 aliphatic carbocycles. The van der Waals surface area contributed by atoms with Crippen LogP contribution in [0.2, 0.25) is 0 Å². The van der Waals surface area contributed by atoms with Crippen molar-refractivity contribution in [3.05, 3.63) is 24.1 Å². The Labute approximate surface area is 159 Å². The molecule has 8 nitrogen and oxygen atoms in total. The van der Waals surface area contributed by atoms with Crippen molar-refractivity contribution in [1.82, 2.24) is 15.0 Å². The molecule has 11 heteroatoms. The maximum atomic E-state index is 12.4. The molecule has 1 aromatic heterocycles. The number of carbonyl (C=O) groups is 1. The van der Waals surface area contributed by atoms with E-state index in [1.165, 1.54) is 25.3 Å². The van der Waals surface area contributed by atoms with Gasteiger partial charge in [0.1, 0.15) is 6.04 Å². The first-order chi connectivity index (χ1) is 12.5. The zero-order valence-corrected chi connectivity index (χ0v) is 15.1. The maximum absolute atomic E-state index is 12.4. The molecule has 0 amide bonds. The molecule has 0 bridgehead atoms. The Morgan fingerprint density at radius 2 is 2.22 bits per heavy atom. The summed E-state index contributed by atoms with van der Waals surface area (Å²) in [6.07, 6.45) is 1.37. The van der Waals surface area contributed by atoms with Gasteiger partial charge >= 0.3 is 12.6 Å². The van der Waals surface area contributed by atoms with Gasteiger partial charge < -0.3 is 19.1 Å². The van der Waals surface area contributed by atoms with Crippen molar-refractivity contribution in [2.75, 3.05) is 13.7 Å². The minimum Gasteiger partial charge on any atom is -0.493 e. The van der Waals surface area contributed by atoms with Crippen molar-refractivity contribution < 1.29 is 32.7 Å². The van der Waals surface area contributed by atoms with Gasteiger partial charge in [-0.3, -0.25) is 9.69 Å². The minimum absolute atomic E-state index is 0. The lowest BCUT2D eigenvalue weighted by Gasteiger charge is -2.18. The van der Waals surface area contributed by atoms with Gasteiger partial charge in [0.15, 0.2) is 11.5 Å². The van der Waals surface area contributed by atoms with Gasteiger partial charge in [0.05, 0.1) is 13.7 Å². The van der Waals surface area contributed by atoms with E-state index >= 15 is 0 Å². The Morgan fingerprint density at radius 1 is 1.44 bits per heavy atom. The molecule has 0 saturated carbocycles. The number of hydrogen-bond donors (Lipinski definition) is 1. The first kappa shape index (κ1) is 20.8. The summed E-state index contributed by atoms with van der Waals surface area (Å²) in [6, 6.07) is 3.74. The first-order valence-corrected chi connectivity index (χ1v) is 7.90. The van der Waals surface area contributed by atoms with Crippen molar-refractivity contribution in [2.24, 2.45) is 0 Å². The third-order valence-electron chi connectivity index (χ3n) is 4.09. The molecule has 2 heterocycles. The number of nitrogens with zero attached hydrogens (tertiary/aromatic N) is 3. The van der Waals surface area contributed by atoms with Crippen LogP contribution >= 0.6 is 12.4 Å². The fourth-order valence-corrected chi connectivity index (χ4v) is 2.91. The number of hydrogen-bond acceptors (Lipinski definition) is 7. The zero-order valence-electron chi connectivity index (χ0n) is 14.3. The molecule has 1 unspecified atom stereocenters. The number of carboxylic acid groups (broad SMARTS) is 1. The first-order valence-electron chi connectivity index (χ1n) is 7.90. The van der Waals surface area contributed by atoms with Gasteiger partial charge in [0.2, 0.25) is 11.7 Å². The molecule has 1 fully saturated rings. The molecule has 1 saturated heterocycles. The van der Waals surface area contributed by atoms with Crippen molar-refractivity contribution in [3.63, 3.8) is 0 Å². The SMILES string of the molecule is COc1cc(-c2noc(CN3CCCC3C(=O)O)n2)ccc1OC(F)F.Cl. The van der Waals surface area contributed by atoms with Crippen LogP contribution in [-0.2, 0) is 11.3 Å². The maximum Gasteiger partial charge on any atom is 0.387 e. The van der Waals surface area contributed by atoms with Gasteiger partial charge in [0.25, 0.3) is 0 Å². The van der Waals surface area contributed by atoms with Gasteiger partial charge in [-0.15, -0.1) is 12.4 Å². The molecule has 3 rings (SSSR count). The average Bonchev–Trinajstić information content (AvgIpc) is 3.24. The van der Waals surface area contributed by atoms with Crippen LogP contribution in [0.15, 0.2) is 22.7 Å². The number of carboxylic acids is 1. The van der Waals surface area contributed by atoms with E-state index in [0.29, 0.717) is 18.5 Å². The highest BCUT2D eigenvalue weighted by Gasteiger charge is 2.31. The Hall–Kier alpha value is -2.46. The van der Waals surface area contributed by atoms with E-state index in [9.17, 15) is 18.7 Å². The number of rotatable bonds is 7. The van der Waals surface area contributed by atoms with E-state index in [-0.39, 0.29) is 42.2 Å². The highest BCUT2D eigenvalue weighted by atomic mass is 35.5. The van der Waals surface area contributed by atoms with Gasteiger partial charge in [-0.2, -0.15) is 13.8 Å². The standard InChI is InChI=1S/C16H17F2N3O5.ClH/c1-24-12-7-9(4-5-11(12)25-16(17)18)14-19-13(26-20-14)8-21-6-2-3-10(21)15(22)23;/h4-5,7,10,16H,2-3,6,8H2,1H3,(H,22,23);1H. The molecular formula is C16H18ClF2N3O5. The summed E-state index contributed by atoms with van der Waals surface area (Å²) in [5, 5.41) is 13.1. The number of aliphatic carboxylic acids is 1. The van der Waals surface area contributed by atoms with Crippen LogP contribution in [0.3, 0.4) is 0 Å². The van der Waals surface area contributed by atoms with Crippen LogP contribution in [0.5, 0.6) is 11.5 Å². The average molecular weight is 406 g/mol. The predicted molar refractivity (Wildman–Crippen MR) is 91.2 cm³/mol. The highest BCUT2D eigenvalue weighted by Crippen LogP contribution is 2.32. The van der Waals surface area contributed by atoms with Crippen LogP contribution in [0.4, 0.5) is 8.78 Å². The third-order valence-corrected chi connectivity index (χ3v) is 4.09. The number of ether oxygens (including phenoxy) is 2.